The molecular formula is C40H53N3O5. The van der Waals surface area contributed by atoms with E-state index in [0.29, 0.717) is 24.5 Å². The highest BCUT2D eigenvalue weighted by Gasteiger charge is 2.41. The van der Waals surface area contributed by atoms with Gasteiger partial charge in [0.1, 0.15) is 12.1 Å². The highest BCUT2D eigenvalue weighted by atomic mass is 16.5. The van der Waals surface area contributed by atoms with Crippen molar-refractivity contribution in [1.29, 1.82) is 0 Å². The second-order valence-corrected chi connectivity index (χ2v) is 13.6. The molecule has 0 bridgehead atoms. The van der Waals surface area contributed by atoms with Gasteiger partial charge < -0.3 is 19.1 Å². The number of aromatic nitrogens is 2. The van der Waals surface area contributed by atoms with Crippen LogP contribution in [0.2, 0.25) is 0 Å². The Labute approximate surface area is 286 Å². The molecule has 1 aliphatic carbocycles. The number of hydrogen-bond donors (Lipinski definition) is 0. The molecule has 0 spiro atoms. The van der Waals surface area contributed by atoms with Gasteiger partial charge in [-0.25, -0.2) is 4.79 Å². The maximum atomic E-state index is 14.8. The summed E-state index contributed by atoms with van der Waals surface area (Å²) >= 11 is 0. The summed E-state index contributed by atoms with van der Waals surface area (Å²) in [6.07, 6.45) is 20.1. The van der Waals surface area contributed by atoms with Gasteiger partial charge in [0.15, 0.2) is 11.5 Å². The fourth-order valence-electron chi connectivity index (χ4n) is 7.73. The summed E-state index contributed by atoms with van der Waals surface area (Å²) in [6.45, 7) is 2.57. The summed E-state index contributed by atoms with van der Waals surface area (Å²) < 4.78 is 17.7. The number of amides is 1. The Kier molecular flexibility index (Phi) is 13.3. The van der Waals surface area contributed by atoms with Crippen molar-refractivity contribution < 1.29 is 23.8 Å². The number of nitrogens with zero attached hydrogens (tertiary/aromatic N) is 3. The SMILES string of the molecule is COc1cc([C@@H](C(=O)N2CCCC[C@H]2C(=O)OC(CCCc2cccnc2)CCCc2cccnc2)C2CCCCC2)cc(C)c1OC. The Hall–Kier alpha value is -3.94. The van der Waals surface area contributed by atoms with E-state index in [1.807, 2.05) is 42.4 Å². The van der Waals surface area contributed by atoms with Crippen molar-refractivity contribution in [3.63, 3.8) is 0 Å². The van der Waals surface area contributed by atoms with Crippen molar-refractivity contribution in [2.45, 2.75) is 115 Å². The molecule has 2 aromatic heterocycles. The van der Waals surface area contributed by atoms with Crippen molar-refractivity contribution in [2.75, 3.05) is 20.8 Å². The zero-order valence-electron chi connectivity index (χ0n) is 29.1. The minimum Gasteiger partial charge on any atom is -0.493 e. The van der Waals surface area contributed by atoms with Gasteiger partial charge >= 0.3 is 5.97 Å². The summed E-state index contributed by atoms with van der Waals surface area (Å²) in [5, 5.41) is 0. The number of hydrogen-bond acceptors (Lipinski definition) is 7. The molecule has 1 saturated carbocycles. The number of pyridine rings is 2. The summed E-state index contributed by atoms with van der Waals surface area (Å²) in [6, 6.07) is 11.6. The molecule has 2 fully saturated rings. The molecule has 2 aliphatic rings. The lowest BCUT2D eigenvalue weighted by Gasteiger charge is -2.40. The average Bonchev–Trinajstić information content (AvgIpc) is 3.12. The van der Waals surface area contributed by atoms with Crippen molar-refractivity contribution in [3.05, 3.63) is 83.4 Å². The molecule has 1 aliphatic heterocycles. The zero-order valence-corrected chi connectivity index (χ0v) is 29.1. The number of benzene rings is 1. The molecule has 1 aromatic carbocycles. The predicted molar refractivity (Wildman–Crippen MR) is 187 cm³/mol. The Morgan fingerprint density at radius 2 is 1.50 bits per heavy atom. The molecular weight excluding hydrogens is 602 g/mol. The van der Waals surface area contributed by atoms with Gasteiger partial charge in [0.25, 0.3) is 0 Å². The normalized spacial score (nSPS) is 17.6. The third-order valence-electron chi connectivity index (χ3n) is 10.2. The molecule has 5 rings (SSSR count). The van der Waals surface area contributed by atoms with Crippen molar-refractivity contribution in [1.82, 2.24) is 14.9 Å². The molecule has 8 nitrogen and oxygen atoms in total. The van der Waals surface area contributed by atoms with Crippen LogP contribution < -0.4 is 9.47 Å². The first-order valence-electron chi connectivity index (χ1n) is 18.0. The van der Waals surface area contributed by atoms with Gasteiger partial charge in [0, 0.05) is 31.3 Å². The molecule has 0 radical (unpaired) electrons. The Morgan fingerprint density at radius 1 is 0.854 bits per heavy atom. The summed E-state index contributed by atoms with van der Waals surface area (Å²) in [5.41, 5.74) is 4.25. The van der Waals surface area contributed by atoms with Gasteiger partial charge in [-0.1, -0.05) is 37.5 Å². The average molecular weight is 656 g/mol. The lowest BCUT2D eigenvalue weighted by Crippen LogP contribution is -2.51. The minimum absolute atomic E-state index is 0.0416. The Bertz CT molecular complexity index is 1400. The van der Waals surface area contributed by atoms with Crippen LogP contribution in [-0.4, -0.2) is 59.7 Å². The second-order valence-electron chi connectivity index (χ2n) is 13.6. The first-order chi connectivity index (χ1) is 23.5. The number of aryl methyl sites for hydroxylation is 3. The van der Waals surface area contributed by atoms with Gasteiger partial charge in [0.2, 0.25) is 5.91 Å². The number of ether oxygens (including phenoxy) is 3. The van der Waals surface area contributed by atoms with E-state index in [2.05, 4.69) is 28.2 Å². The van der Waals surface area contributed by atoms with Gasteiger partial charge in [-0.05, 0) is 124 Å². The number of methoxy groups -OCH3 is 2. The van der Waals surface area contributed by atoms with E-state index in [0.717, 1.165) is 88.2 Å². The standard InChI is InChI=1S/C40H53N3O5/c1-29-25-33(26-36(46-2)38(29)47-3)37(32-17-5-4-6-18-32)39(44)43-24-8-7-21-35(43)40(45)48-34(19-9-13-30-15-11-22-41-27-30)20-10-14-31-16-12-23-42-28-31/h11-12,15-16,22-23,25-28,32,34-35,37H,4-10,13-14,17-21,24H2,1-3H3/t35-,37-/m0/s1. The molecule has 258 valence electrons. The number of carbonyl (C=O) groups is 2. The fourth-order valence-corrected chi connectivity index (χ4v) is 7.73. The maximum absolute atomic E-state index is 14.8. The van der Waals surface area contributed by atoms with E-state index in [4.69, 9.17) is 14.2 Å². The molecule has 48 heavy (non-hydrogen) atoms. The van der Waals surface area contributed by atoms with Crippen LogP contribution in [0.5, 0.6) is 11.5 Å². The second kappa shape index (κ2) is 18.0. The smallest absolute Gasteiger partial charge is 0.329 e. The highest BCUT2D eigenvalue weighted by molar-refractivity contribution is 5.89. The van der Waals surface area contributed by atoms with Gasteiger partial charge in [-0.3, -0.25) is 14.8 Å². The third-order valence-corrected chi connectivity index (χ3v) is 10.2. The van der Waals surface area contributed by atoms with Crippen LogP contribution in [0.4, 0.5) is 0 Å². The number of piperidine rings is 1. The largest absolute Gasteiger partial charge is 0.493 e. The van der Waals surface area contributed by atoms with Crippen LogP contribution in [0.1, 0.15) is 105 Å². The van der Waals surface area contributed by atoms with E-state index >= 15 is 0 Å². The van der Waals surface area contributed by atoms with E-state index in [-0.39, 0.29) is 29.8 Å². The molecule has 3 aromatic rings. The summed E-state index contributed by atoms with van der Waals surface area (Å²) in [5.74, 6) is 0.980. The molecule has 2 atom stereocenters. The number of carbonyl (C=O) groups excluding carboxylic acids is 2. The van der Waals surface area contributed by atoms with Crippen LogP contribution in [0.3, 0.4) is 0 Å². The third kappa shape index (κ3) is 9.36. The Morgan fingerprint density at radius 3 is 2.08 bits per heavy atom. The van der Waals surface area contributed by atoms with Crippen molar-refractivity contribution >= 4 is 11.9 Å². The van der Waals surface area contributed by atoms with Gasteiger partial charge in [-0.15, -0.1) is 0 Å². The number of likely N-dealkylation sites (tertiary alicyclic amines) is 1. The summed E-state index contributed by atoms with van der Waals surface area (Å²) in [7, 11) is 3.28. The maximum Gasteiger partial charge on any atom is 0.329 e. The quantitative estimate of drug-likeness (QED) is 0.154. The van der Waals surface area contributed by atoms with E-state index < -0.39 is 6.04 Å². The fraction of sp³-hybridized carbons (Fsp3) is 0.550. The van der Waals surface area contributed by atoms with Gasteiger partial charge in [-0.2, -0.15) is 0 Å². The highest BCUT2D eigenvalue weighted by Crippen LogP contribution is 2.42. The lowest BCUT2D eigenvalue weighted by molar-refractivity contribution is -0.163. The zero-order chi connectivity index (χ0) is 33.7. The first-order valence-corrected chi connectivity index (χ1v) is 18.0. The predicted octanol–water partition coefficient (Wildman–Crippen LogP) is 7.80. The number of esters is 1. The summed E-state index contributed by atoms with van der Waals surface area (Å²) in [4.78, 5) is 39.2. The molecule has 8 heteroatoms. The molecule has 0 unspecified atom stereocenters. The monoisotopic (exact) mass is 655 g/mol. The first kappa shape index (κ1) is 35.4. The van der Waals surface area contributed by atoms with Crippen LogP contribution >= 0.6 is 0 Å². The minimum atomic E-state index is -0.572. The number of rotatable bonds is 15. The molecule has 0 N–H and O–H groups in total. The lowest BCUT2D eigenvalue weighted by atomic mass is 9.75. The molecule has 1 saturated heterocycles. The topological polar surface area (TPSA) is 90.9 Å². The van der Waals surface area contributed by atoms with Crippen molar-refractivity contribution in [3.8, 4) is 11.5 Å². The van der Waals surface area contributed by atoms with Crippen LogP contribution in [0.25, 0.3) is 0 Å². The van der Waals surface area contributed by atoms with Crippen LogP contribution in [0.15, 0.2) is 61.2 Å². The van der Waals surface area contributed by atoms with Crippen LogP contribution in [0, 0.1) is 12.8 Å². The van der Waals surface area contributed by atoms with Gasteiger partial charge in [0.05, 0.1) is 20.1 Å². The van der Waals surface area contributed by atoms with Crippen LogP contribution in [-0.2, 0) is 27.2 Å². The molecule has 3 heterocycles. The Balaban J connectivity index is 1.33. The van der Waals surface area contributed by atoms with E-state index in [1.54, 1.807) is 26.6 Å². The van der Waals surface area contributed by atoms with E-state index in [1.165, 1.54) is 17.5 Å². The van der Waals surface area contributed by atoms with E-state index in [9.17, 15) is 9.59 Å². The van der Waals surface area contributed by atoms with Crippen molar-refractivity contribution in [2.24, 2.45) is 5.92 Å². The molecule has 1 amide bonds.